The van der Waals surface area contributed by atoms with E-state index in [-0.39, 0.29) is 5.88 Å². The zero-order valence-corrected chi connectivity index (χ0v) is 24.9. The molecule has 0 amide bonds. The number of aliphatic imine (C=N–C) groups is 1. The third kappa shape index (κ3) is 5.63. The summed E-state index contributed by atoms with van der Waals surface area (Å²) in [5.74, 6) is 1.64. The number of nitriles is 1. The maximum atomic E-state index is 10.2. The van der Waals surface area contributed by atoms with Crippen molar-refractivity contribution < 1.29 is 9.15 Å². The van der Waals surface area contributed by atoms with Gasteiger partial charge in [0.15, 0.2) is 0 Å². The number of rotatable bonds is 7. The number of halogens is 1. The molecular weight excluding hydrogens is 584 g/mol. The van der Waals surface area contributed by atoms with Crippen LogP contribution in [0.25, 0.3) is 33.2 Å². The van der Waals surface area contributed by atoms with Gasteiger partial charge in [-0.05, 0) is 75.4 Å². The molecule has 6 aromatic rings. The number of ether oxygens (including phenoxy) is 1. The van der Waals surface area contributed by atoms with Crippen LogP contribution in [0.15, 0.2) is 123 Å². The number of nitrogens with zero attached hydrogens (tertiary/aromatic N) is 2. The zero-order chi connectivity index (χ0) is 29.1. The molecule has 0 fully saturated rings. The van der Waals surface area contributed by atoms with Crippen molar-refractivity contribution in [1.29, 1.82) is 5.26 Å². The number of fused-ring (bicyclic) bond motifs is 1. The van der Waals surface area contributed by atoms with Crippen LogP contribution < -0.4 is 4.74 Å². The molecule has 0 saturated heterocycles. The molecule has 5 aromatic carbocycles. The highest BCUT2D eigenvalue weighted by molar-refractivity contribution is 9.10. The fourth-order valence-corrected chi connectivity index (χ4v) is 5.45. The van der Waals surface area contributed by atoms with Crippen LogP contribution in [0.1, 0.15) is 27.8 Å². The minimum atomic E-state index is 0.274. The Hall–Kier alpha value is -4.92. The Morgan fingerprint density at radius 3 is 2.24 bits per heavy atom. The minimum Gasteiger partial charge on any atom is -0.488 e. The summed E-state index contributed by atoms with van der Waals surface area (Å²) in [6.45, 7) is 4.54. The molecule has 42 heavy (non-hydrogen) atoms. The van der Waals surface area contributed by atoms with Crippen LogP contribution in [0, 0.1) is 25.2 Å². The molecule has 1 heterocycles. The van der Waals surface area contributed by atoms with Crippen LogP contribution in [-0.4, -0.2) is 6.21 Å². The third-order valence-corrected chi connectivity index (χ3v) is 7.83. The first-order valence-corrected chi connectivity index (χ1v) is 14.4. The maximum Gasteiger partial charge on any atom is 0.238 e. The second kappa shape index (κ2) is 11.9. The molecule has 204 valence electrons. The van der Waals surface area contributed by atoms with E-state index >= 15 is 0 Å². The molecule has 0 radical (unpaired) electrons. The SMILES string of the molecule is Cc1ccc(-c2oc(N=Cc3ccc(OCc4cccc5ccccc45)c(Br)c3)c(C#N)c2-c2ccc(C)cc2)cc1. The summed E-state index contributed by atoms with van der Waals surface area (Å²) >= 11 is 3.65. The second-order valence-electron chi connectivity index (χ2n) is 10.2. The molecule has 0 saturated carbocycles. The average molecular weight is 612 g/mol. The van der Waals surface area contributed by atoms with Crippen LogP contribution in [0.3, 0.4) is 0 Å². The summed E-state index contributed by atoms with van der Waals surface area (Å²) in [7, 11) is 0. The summed E-state index contributed by atoms with van der Waals surface area (Å²) in [5.41, 5.74) is 7.21. The predicted octanol–water partition coefficient (Wildman–Crippen LogP) is 10.3. The van der Waals surface area contributed by atoms with Crippen LogP contribution in [0.5, 0.6) is 5.75 Å². The molecule has 1 aromatic heterocycles. The summed E-state index contributed by atoms with van der Waals surface area (Å²) in [4.78, 5) is 4.64. The fourth-order valence-electron chi connectivity index (χ4n) is 4.94. The lowest BCUT2D eigenvalue weighted by Gasteiger charge is -2.11. The van der Waals surface area contributed by atoms with E-state index in [9.17, 15) is 5.26 Å². The molecule has 0 unspecified atom stereocenters. The van der Waals surface area contributed by atoms with Gasteiger partial charge < -0.3 is 9.15 Å². The number of aryl methyl sites for hydroxylation is 2. The summed E-state index contributed by atoms with van der Waals surface area (Å²) < 4.78 is 13.3. The van der Waals surface area contributed by atoms with Gasteiger partial charge in [0.2, 0.25) is 5.88 Å². The smallest absolute Gasteiger partial charge is 0.238 e. The van der Waals surface area contributed by atoms with Gasteiger partial charge in [0.1, 0.15) is 29.7 Å². The summed E-state index contributed by atoms with van der Waals surface area (Å²) in [5, 5.41) is 12.6. The van der Waals surface area contributed by atoms with Gasteiger partial charge in [-0.1, -0.05) is 102 Å². The van der Waals surface area contributed by atoms with Gasteiger partial charge in [-0.15, -0.1) is 0 Å². The Kier molecular flexibility index (Phi) is 7.72. The lowest BCUT2D eigenvalue weighted by atomic mass is 9.97. The van der Waals surface area contributed by atoms with Crippen LogP contribution in [0.4, 0.5) is 5.88 Å². The Morgan fingerprint density at radius 2 is 1.52 bits per heavy atom. The molecule has 4 nitrogen and oxygen atoms in total. The van der Waals surface area contributed by atoms with Crippen molar-refractivity contribution in [2.75, 3.05) is 0 Å². The fraction of sp³-hybridized carbons (Fsp3) is 0.0811. The van der Waals surface area contributed by atoms with Gasteiger partial charge in [0, 0.05) is 17.3 Å². The molecule has 5 heteroatoms. The van der Waals surface area contributed by atoms with Crippen LogP contribution >= 0.6 is 15.9 Å². The lowest BCUT2D eigenvalue weighted by molar-refractivity contribution is 0.305. The van der Waals surface area contributed by atoms with Crippen molar-refractivity contribution in [2.24, 2.45) is 4.99 Å². The quantitative estimate of drug-likeness (QED) is 0.169. The van der Waals surface area contributed by atoms with E-state index in [2.05, 4.69) is 51.3 Å². The van der Waals surface area contributed by atoms with Crippen molar-refractivity contribution in [3.63, 3.8) is 0 Å². The van der Waals surface area contributed by atoms with Gasteiger partial charge in [-0.3, -0.25) is 0 Å². The zero-order valence-electron chi connectivity index (χ0n) is 23.3. The van der Waals surface area contributed by atoms with E-state index in [1.807, 2.05) is 98.8 Å². The molecule has 0 N–H and O–H groups in total. The maximum absolute atomic E-state index is 10.2. The molecular formula is C37H27BrN2O2. The largest absolute Gasteiger partial charge is 0.488 e. The molecule has 0 atom stereocenters. The Labute approximate surface area is 253 Å². The normalized spacial score (nSPS) is 11.2. The van der Waals surface area contributed by atoms with E-state index in [1.165, 1.54) is 10.8 Å². The van der Waals surface area contributed by atoms with E-state index in [0.29, 0.717) is 17.9 Å². The Balaban J connectivity index is 1.29. The molecule has 6 rings (SSSR count). The highest BCUT2D eigenvalue weighted by Gasteiger charge is 2.22. The predicted molar refractivity (Wildman–Crippen MR) is 173 cm³/mol. The highest BCUT2D eigenvalue weighted by Crippen LogP contribution is 2.42. The van der Waals surface area contributed by atoms with Gasteiger partial charge in [-0.2, -0.15) is 5.26 Å². The topological polar surface area (TPSA) is 58.5 Å². The van der Waals surface area contributed by atoms with E-state index in [1.54, 1.807) is 6.21 Å². The van der Waals surface area contributed by atoms with Crippen molar-refractivity contribution in [3.8, 4) is 34.3 Å². The number of hydrogen-bond donors (Lipinski definition) is 0. The minimum absolute atomic E-state index is 0.274. The summed E-state index contributed by atoms with van der Waals surface area (Å²) in [6.07, 6.45) is 1.71. The highest BCUT2D eigenvalue weighted by atomic mass is 79.9. The first-order valence-electron chi connectivity index (χ1n) is 13.6. The van der Waals surface area contributed by atoms with Crippen molar-refractivity contribution in [1.82, 2.24) is 0 Å². The molecule has 0 aliphatic rings. The monoisotopic (exact) mass is 610 g/mol. The van der Waals surface area contributed by atoms with Gasteiger partial charge in [-0.25, -0.2) is 4.99 Å². The van der Waals surface area contributed by atoms with E-state index in [0.717, 1.165) is 49.2 Å². The Bertz CT molecular complexity index is 1960. The standard InChI is InChI=1S/C37H27BrN2O2/c1-24-10-15-28(16-11-24)35-32(21-39)37(42-36(35)29-17-12-25(2)13-18-29)40-22-26-14-19-34(33(38)20-26)41-23-30-8-5-7-27-6-3-4-9-31(27)30/h3-20,22H,23H2,1-2H3. The number of hydrogen-bond acceptors (Lipinski definition) is 4. The van der Waals surface area contributed by atoms with Crippen LogP contribution in [0.2, 0.25) is 0 Å². The van der Waals surface area contributed by atoms with Crippen molar-refractivity contribution >= 4 is 38.8 Å². The van der Waals surface area contributed by atoms with Crippen molar-refractivity contribution in [3.05, 3.63) is 141 Å². The first-order chi connectivity index (χ1) is 20.5. The number of benzene rings is 5. The second-order valence-corrected chi connectivity index (χ2v) is 11.1. The third-order valence-electron chi connectivity index (χ3n) is 7.21. The first kappa shape index (κ1) is 27.3. The molecule has 0 bridgehead atoms. The molecule has 0 spiro atoms. The average Bonchev–Trinajstić information content (AvgIpc) is 3.38. The lowest BCUT2D eigenvalue weighted by Crippen LogP contribution is -1.97. The van der Waals surface area contributed by atoms with E-state index < -0.39 is 0 Å². The van der Waals surface area contributed by atoms with Crippen molar-refractivity contribution in [2.45, 2.75) is 20.5 Å². The van der Waals surface area contributed by atoms with Gasteiger partial charge in [0.25, 0.3) is 0 Å². The Morgan fingerprint density at radius 1 is 0.833 bits per heavy atom. The molecule has 0 aliphatic carbocycles. The van der Waals surface area contributed by atoms with Gasteiger partial charge in [0.05, 0.1) is 4.47 Å². The van der Waals surface area contributed by atoms with Crippen LogP contribution in [-0.2, 0) is 6.61 Å². The summed E-state index contributed by atoms with van der Waals surface area (Å²) in [6, 6.07) is 38.9. The number of furan rings is 1. The molecule has 0 aliphatic heterocycles. The van der Waals surface area contributed by atoms with Gasteiger partial charge >= 0.3 is 0 Å². The van der Waals surface area contributed by atoms with E-state index in [4.69, 9.17) is 9.15 Å².